The molecule has 0 atom stereocenters. The first-order valence-electron chi connectivity index (χ1n) is 9.16. The number of carbonyl (C=O) groups excluding carboxylic acids is 2. The zero-order valence-electron chi connectivity index (χ0n) is 16.3. The maximum absolute atomic E-state index is 12.8. The van der Waals surface area contributed by atoms with Gasteiger partial charge in [0.25, 0.3) is 0 Å². The molecule has 3 aromatic carbocycles. The SMILES string of the molecule is COc1ccc(/C=C2\Oc3cc(OC(=O)c4ccccc4Cl)cc(C)c3C2=O)cc1. The summed E-state index contributed by atoms with van der Waals surface area (Å²) in [5.41, 5.74) is 2.16. The van der Waals surface area contributed by atoms with Gasteiger partial charge in [-0.25, -0.2) is 4.79 Å². The summed E-state index contributed by atoms with van der Waals surface area (Å²) in [5.74, 6) is 0.740. The van der Waals surface area contributed by atoms with Crippen LogP contribution in [-0.4, -0.2) is 18.9 Å². The highest BCUT2D eigenvalue weighted by Crippen LogP contribution is 2.38. The summed E-state index contributed by atoms with van der Waals surface area (Å²) in [7, 11) is 1.59. The van der Waals surface area contributed by atoms with Gasteiger partial charge in [0.05, 0.1) is 23.3 Å². The third-order valence-corrected chi connectivity index (χ3v) is 4.99. The van der Waals surface area contributed by atoms with Crippen LogP contribution in [0.5, 0.6) is 17.2 Å². The second kappa shape index (κ2) is 8.05. The Hall–Kier alpha value is -3.57. The van der Waals surface area contributed by atoms with Crippen molar-refractivity contribution in [2.45, 2.75) is 6.92 Å². The Bertz CT molecular complexity index is 1180. The molecule has 4 rings (SSSR count). The third-order valence-electron chi connectivity index (χ3n) is 4.66. The van der Waals surface area contributed by atoms with Crippen LogP contribution in [0, 0.1) is 6.92 Å². The van der Waals surface area contributed by atoms with E-state index in [4.69, 9.17) is 25.8 Å². The van der Waals surface area contributed by atoms with Gasteiger partial charge in [0.2, 0.25) is 5.78 Å². The zero-order chi connectivity index (χ0) is 21.3. The quantitative estimate of drug-likeness (QED) is 0.317. The van der Waals surface area contributed by atoms with Crippen LogP contribution in [0.3, 0.4) is 0 Å². The van der Waals surface area contributed by atoms with Crippen molar-refractivity contribution in [2.24, 2.45) is 0 Å². The highest BCUT2D eigenvalue weighted by Gasteiger charge is 2.30. The van der Waals surface area contributed by atoms with Gasteiger partial charge in [-0.05, 0) is 54.5 Å². The number of hydrogen-bond donors (Lipinski definition) is 0. The number of Topliss-reactive ketones (excluding diaryl/α,β-unsaturated/α-hetero) is 1. The minimum atomic E-state index is -0.585. The van der Waals surface area contributed by atoms with Crippen molar-refractivity contribution >= 4 is 29.4 Å². The molecular weight excluding hydrogens is 404 g/mol. The van der Waals surface area contributed by atoms with Crippen LogP contribution in [-0.2, 0) is 0 Å². The number of aryl methyl sites for hydroxylation is 1. The number of hydrogen-bond acceptors (Lipinski definition) is 5. The standard InChI is InChI=1S/C24H17ClO5/c1-14-11-17(29-24(27)18-5-3-4-6-19(18)25)13-20-22(14)23(26)21(30-20)12-15-7-9-16(28-2)10-8-15/h3-13H,1-2H3/b21-12-. The maximum Gasteiger partial charge on any atom is 0.345 e. The number of ketones is 1. The van der Waals surface area contributed by atoms with Crippen molar-refractivity contribution in [3.05, 3.63) is 93.7 Å². The molecule has 0 saturated heterocycles. The Morgan fingerprint density at radius 1 is 1.03 bits per heavy atom. The van der Waals surface area contributed by atoms with Gasteiger partial charge in [-0.2, -0.15) is 0 Å². The van der Waals surface area contributed by atoms with Crippen LogP contribution in [0.2, 0.25) is 5.02 Å². The van der Waals surface area contributed by atoms with Crippen molar-refractivity contribution in [2.75, 3.05) is 7.11 Å². The monoisotopic (exact) mass is 420 g/mol. The highest BCUT2D eigenvalue weighted by molar-refractivity contribution is 6.33. The molecule has 6 heteroatoms. The summed E-state index contributed by atoms with van der Waals surface area (Å²) in [6, 6.07) is 17.1. The van der Waals surface area contributed by atoms with Gasteiger partial charge in [0.1, 0.15) is 17.2 Å². The lowest BCUT2D eigenvalue weighted by molar-refractivity contribution is 0.0734. The van der Waals surface area contributed by atoms with Gasteiger partial charge in [0.15, 0.2) is 5.76 Å². The van der Waals surface area contributed by atoms with E-state index in [-0.39, 0.29) is 22.9 Å². The molecule has 5 nitrogen and oxygen atoms in total. The van der Waals surface area contributed by atoms with E-state index >= 15 is 0 Å². The molecule has 0 unspecified atom stereocenters. The Balaban J connectivity index is 1.60. The van der Waals surface area contributed by atoms with Gasteiger partial charge in [0, 0.05) is 6.07 Å². The molecule has 0 aliphatic carbocycles. The Kier molecular flexibility index (Phi) is 5.29. The van der Waals surface area contributed by atoms with Gasteiger partial charge in [-0.3, -0.25) is 4.79 Å². The molecule has 0 aromatic heterocycles. The fourth-order valence-electron chi connectivity index (χ4n) is 3.18. The molecule has 0 amide bonds. The number of allylic oxidation sites excluding steroid dienone is 1. The van der Waals surface area contributed by atoms with E-state index in [1.807, 2.05) is 12.1 Å². The van der Waals surface area contributed by atoms with Crippen molar-refractivity contribution in [3.63, 3.8) is 0 Å². The first-order valence-corrected chi connectivity index (χ1v) is 9.53. The minimum absolute atomic E-state index is 0.202. The van der Waals surface area contributed by atoms with E-state index in [2.05, 4.69) is 0 Å². The molecule has 1 heterocycles. The normalized spacial score (nSPS) is 13.7. The number of rotatable bonds is 4. The molecule has 0 fully saturated rings. The fourth-order valence-corrected chi connectivity index (χ4v) is 3.39. The zero-order valence-corrected chi connectivity index (χ0v) is 17.0. The topological polar surface area (TPSA) is 61.8 Å². The van der Waals surface area contributed by atoms with E-state index in [0.717, 1.165) is 11.3 Å². The molecule has 0 spiro atoms. The van der Waals surface area contributed by atoms with Crippen LogP contribution in [0.25, 0.3) is 6.08 Å². The number of benzene rings is 3. The number of fused-ring (bicyclic) bond motifs is 1. The van der Waals surface area contributed by atoms with Crippen molar-refractivity contribution in [3.8, 4) is 17.2 Å². The average molecular weight is 421 g/mol. The van der Waals surface area contributed by atoms with Crippen molar-refractivity contribution < 1.29 is 23.8 Å². The number of esters is 1. The lowest BCUT2D eigenvalue weighted by Crippen LogP contribution is -2.09. The predicted octanol–water partition coefficient (Wildman–Crippen LogP) is 5.49. The summed E-state index contributed by atoms with van der Waals surface area (Å²) in [5, 5.41) is 0.302. The molecule has 1 aliphatic rings. The molecule has 1 aliphatic heterocycles. The molecular formula is C24H17ClO5. The molecule has 30 heavy (non-hydrogen) atoms. The molecule has 150 valence electrons. The largest absolute Gasteiger partial charge is 0.497 e. The Labute approximate surface area is 178 Å². The number of methoxy groups -OCH3 is 1. The van der Waals surface area contributed by atoms with Crippen molar-refractivity contribution in [1.29, 1.82) is 0 Å². The van der Waals surface area contributed by atoms with Gasteiger partial charge in [-0.1, -0.05) is 35.9 Å². The third kappa shape index (κ3) is 3.80. The van der Waals surface area contributed by atoms with Crippen LogP contribution in [0.4, 0.5) is 0 Å². The first-order chi connectivity index (χ1) is 14.5. The van der Waals surface area contributed by atoms with Gasteiger partial charge in [-0.15, -0.1) is 0 Å². The summed E-state index contributed by atoms with van der Waals surface area (Å²) in [6.07, 6.45) is 1.66. The molecule has 0 bridgehead atoms. The lowest BCUT2D eigenvalue weighted by atomic mass is 10.0. The Morgan fingerprint density at radius 2 is 1.77 bits per heavy atom. The number of halogens is 1. The summed E-state index contributed by atoms with van der Waals surface area (Å²) < 4.78 is 16.4. The van der Waals surface area contributed by atoms with E-state index in [1.54, 1.807) is 62.6 Å². The van der Waals surface area contributed by atoms with E-state index in [9.17, 15) is 9.59 Å². The van der Waals surface area contributed by atoms with Crippen LogP contribution in [0.1, 0.15) is 31.8 Å². The molecule has 0 N–H and O–H groups in total. The Morgan fingerprint density at radius 3 is 2.47 bits per heavy atom. The number of ether oxygens (including phenoxy) is 3. The average Bonchev–Trinajstić information content (AvgIpc) is 3.04. The second-order valence-corrected chi connectivity index (χ2v) is 7.10. The maximum atomic E-state index is 12.8. The predicted molar refractivity (Wildman–Crippen MR) is 114 cm³/mol. The van der Waals surface area contributed by atoms with E-state index in [1.165, 1.54) is 6.07 Å². The van der Waals surface area contributed by atoms with Gasteiger partial charge >= 0.3 is 5.97 Å². The number of carbonyl (C=O) groups is 2. The molecule has 0 saturated carbocycles. The highest BCUT2D eigenvalue weighted by atomic mass is 35.5. The van der Waals surface area contributed by atoms with Crippen molar-refractivity contribution in [1.82, 2.24) is 0 Å². The molecule has 0 radical (unpaired) electrons. The first kappa shape index (κ1) is 19.7. The lowest BCUT2D eigenvalue weighted by Gasteiger charge is -2.08. The molecule has 3 aromatic rings. The van der Waals surface area contributed by atoms with Crippen LogP contribution >= 0.6 is 11.6 Å². The van der Waals surface area contributed by atoms with Crippen LogP contribution in [0.15, 0.2) is 66.4 Å². The smallest absolute Gasteiger partial charge is 0.345 e. The van der Waals surface area contributed by atoms with E-state index in [0.29, 0.717) is 21.9 Å². The second-order valence-electron chi connectivity index (χ2n) is 6.70. The van der Waals surface area contributed by atoms with Crippen LogP contribution < -0.4 is 14.2 Å². The summed E-state index contributed by atoms with van der Waals surface area (Å²) in [4.78, 5) is 25.2. The summed E-state index contributed by atoms with van der Waals surface area (Å²) >= 11 is 6.06. The fraction of sp³-hybridized carbons (Fsp3) is 0.0833. The van der Waals surface area contributed by atoms with Gasteiger partial charge < -0.3 is 14.2 Å². The minimum Gasteiger partial charge on any atom is -0.497 e. The summed E-state index contributed by atoms with van der Waals surface area (Å²) in [6.45, 7) is 1.77. The van der Waals surface area contributed by atoms with E-state index < -0.39 is 5.97 Å².